The average Bonchev–Trinajstić information content (AvgIpc) is 3.05. The normalized spacial score (nSPS) is 14.8. The molecule has 1 aromatic heterocycles. The second-order valence-electron chi connectivity index (χ2n) is 4.57. The molecule has 1 fully saturated rings. The number of rotatable bonds is 4. The van der Waals surface area contributed by atoms with Gasteiger partial charge in [0.2, 0.25) is 0 Å². The Morgan fingerprint density at radius 2 is 2.24 bits per heavy atom. The highest BCUT2D eigenvalue weighted by atomic mass is 16.5. The second-order valence-corrected chi connectivity index (χ2v) is 4.57. The largest absolute Gasteiger partial charge is 0.450 e. The standard InChI is InChI=1S/C13H20N2O2/c1-4-17-13(16)14-8-11-7-9(2)15(10(11)3)12-5-6-12/h7,12H,4-6,8H2,1-3H3,(H,14,16). The van der Waals surface area contributed by atoms with Gasteiger partial charge in [0.1, 0.15) is 0 Å². The molecule has 4 nitrogen and oxygen atoms in total. The third kappa shape index (κ3) is 2.62. The minimum absolute atomic E-state index is 0.344. The molecular weight excluding hydrogens is 216 g/mol. The number of alkyl carbamates (subject to hydrolysis) is 1. The molecule has 2 rings (SSSR count). The fraction of sp³-hybridized carbons (Fsp3) is 0.615. The molecule has 0 unspecified atom stereocenters. The lowest BCUT2D eigenvalue weighted by atomic mass is 10.2. The van der Waals surface area contributed by atoms with E-state index in [9.17, 15) is 4.79 Å². The zero-order valence-electron chi connectivity index (χ0n) is 10.7. The third-order valence-corrected chi connectivity index (χ3v) is 3.20. The molecule has 1 heterocycles. The van der Waals surface area contributed by atoms with Crippen LogP contribution in [0.1, 0.15) is 42.8 Å². The highest BCUT2D eigenvalue weighted by molar-refractivity contribution is 5.67. The Hall–Kier alpha value is -1.45. The van der Waals surface area contributed by atoms with Crippen molar-refractivity contribution in [2.24, 2.45) is 0 Å². The molecule has 17 heavy (non-hydrogen) atoms. The highest BCUT2D eigenvalue weighted by Crippen LogP contribution is 2.38. The maximum atomic E-state index is 11.2. The van der Waals surface area contributed by atoms with E-state index >= 15 is 0 Å². The third-order valence-electron chi connectivity index (χ3n) is 3.20. The van der Waals surface area contributed by atoms with Crippen LogP contribution in [0.5, 0.6) is 0 Å². The van der Waals surface area contributed by atoms with Crippen molar-refractivity contribution < 1.29 is 9.53 Å². The summed E-state index contributed by atoms with van der Waals surface area (Å²) in [5, 5.41) is 2.77. The lowest BCUT2D eigenvalue weighted by molar-refractivity contribution is 0.151. The fourth-order valence-corrected chi connectivity index (χ4v) is 2.27. The van der Waals surface area contributed by atoms with Crippen LogP contribution in [0.2, 0.25) is 0 Å². The summed E-state index contributed by atoms with van der Waals surface area (Å²) < 4.78 is 7.22. The molecule has 4 heteroatoms. The predicted molar refractivity (Wildman–Crippen MR) is 66.0 cm³/mol. The van der Waals surface area contributed by atoms with E-state index in [0.717, 1.165) is 0 Å². The molecule has 1 aromatic rings. The molecular formula is C13H20N2O2. The molecule has 1 N–H and O–H groups in total. The van der Waals surface area contributed by atoms with E-state index in [1.54, 1.807) is 6.92 Å². The molecule has 1 amide bonds. The van der Waals surface area contributed by atoms with Crippen LogP contribution in [0.4, 0.5) is 4.79 Å². The number of ether oxygens (including phenoxy) is 1. The van der Waals surface area contributed by atoms with Crippen LogP contribution in [-0.4, -0.2) is 17.3 Å². The first kappa shape index (κ1) is 12.0. The lowest BCUT2D eigenvalue weighted by Crippen LogP contribution is -2.23. The first-order valence-corrected chi connectivity index (χ1v) is 6.21. The Morgan fingerprint density at radius 1 is 1.53 bits per heavy atom. The lowest BCUT2D eigenvalue weighted by Gasteiger charge is -2.08. The number of amides is 1. The maximum Gasteiger partial charge on any atom is 0.407 e. The molecule has 0 saturated heterocycles. The van der Waals surface area contributed by atoms with Crippen molar-refractivity contribution >= 4 is 6.09 Å². The number of aromatic nitrogens is 1. The Labute approximate surface area is 102 Å². The molecule has 1 aliphatic rings. The topological polar surface area (TPSA) is 43.3 Å². The summed E-state index contributed by atoms with van der Waals surface area (Å²) in [6.07, 6.45) is 2.21. The van der Waals surface area contributed by atoms with Crippen LogP contribution in [0.25, 0.3) is 0 Å². The van der Waals surface area contributed by atoms with Gasteiger partial charge >= 0.3 is 6.09 Å². The molecule has 0 atom stereocenters. The second kappa shape index (κ2) is 4.82. The number of nitrogens with one attached hydrogen (secondary N) is 1. The van der Waals surface area contributed by atoms with Crippen molar-refractivity contribution in [3.8, 4) is 0 Å². The van der Waals surface area contributed by atoms with Crippen LogP contribution < -0.4 is 5.32 Å². The summed E-state index contributed by atoms with van der Waals surface area (Å²) in [4.78, 5) is 11.2. The summed E-state index contributed by atoms with van der Waals surface area (Å²) in [6.45, 7) is 7.00. The summed E-state index contributed by atoms with van der Waals surface area (Å²) >= 11 is 0. The van der Waals surface area contributed by atoms with Gasteiger partial charge in [-0.25, -0.2) is 4.79 Å². The van der Waals surface area contributed by atoms with Gasteiger partial charge in [0, 0.05) is 24.0 Å². The predicted octanol–water partition coefficient (Wildman–Crippen LogP) is 2.69. The number of hydrogen-bond acceptors (Lipinski definition) is 2. The zero-order chi connectivity index (χ0) is 12.4. The van der Waals surface area contributed by atoms with Gasteiger partial charge in [-0.15, -0.1) is 0 Å². The summed E-state index contributed by atoms with van der Waals surface area (Å²) in [7, 11) is 0. The number of nitrogens with zero attached hydrogens (tertiary/aromatic N) is 1. The maximum absolute atomic E-state index is 11.2. The average molecular weight is 236 g/mol. The smallest absolute Gasteiger partial charge is 0.407 e. The van der Waals surface area contributed by atoms with Gasteiger partial charge in [-0.2, -0.15) is 0 Å². The van der Waals surface area contributed by atoms with Crippen LogP contribution in [-0.2, 0) is 11.3 Å². The Kier molecular flexibility index (Phi) is 3.41. The molecule has 0 aromatic carbocycles. The number of carbonyl (C=O) groups excluding carboxylic acids is 1. The summed E-state index contributed by atoms with van der Waals surface area (Å²) in [5.41, 5.74) is 3.73. The van der Waals surface area contributed by atoms with Gasteiger partial charge in [0.05, 0.1) is 6.61 Å². The van der Waals surface area contributed by atoms with Crippen molar-refractivity contribution in [2.45, 2.75) is 46.2 Å². The van der Waals surface area contributed by atoms with Crippen molar-refractivity contribution in [2.75, 3.05) is 6.61 Å². The van der Waals surface area contributed by atoms with Gasteiger partial charge in [-0.1, -0.05) is 0 Å². The molecule has 1 aliphatic carbocycles. The number of hydrogen-bond donors (Lipinski definition) is 1. The van der Waals surface area contributed by atoms with Crippen LogP contribution >= 0.6 is 0 Å². The Morgan fingerprint density at radius 3 is 2.82 bits per heavy atom. The van der Waals surface area contributed by atoms with E-state index in [1.807, 2.05) is 0 Å². The van der Waals surface area contributed by atoms with Crippen LogP contribution in [0.3, 0.4) is 0 Å². The molecule has 0 spiro atoms. The minimum Gasteiger partial charge on any atom is -0.450 e. The van der Waals surface area contributed by atoms with Crippen molar-refractivity contribution in [1.29, 1.82) is 0 Å². The molecule has 0 aliphatic heterocycles. The number of carbonyl (C=O) groups is 1. The highest BCUT2D eigenvalue weighted by Gasteiger charge is 2.26. The Balaban J connectivity index is 2.01. The van der Waals surface area contributed by atoms with Crippen molar-refractivity contribution in [1.82, 2.24) is 9.88 Å². The van der Waals surface area contributed by atoms with E-state index in [1.165, 1.54) is 29.8 Å². The van der Waals surface area contributed by atoms with E-state index in [0.29, 0.717) is 19.2 Å². The fourth-order valence-electron chi connectivity index (χ4n) is 2.27. The first-order valence-electron chi connectivity index (χ1n) is 6.21. The van der Waals surface area contributed by atoms with E-state index in [-0.39, 0.29) is 6.09 Å². The van der Waals surface area contributed by atoms with Gasteiger partial charge in [-0.05, 0) is 45.2 Å². The molecule has 0 bridgehead atoms. The Bertz CT molecular complexity index is 419. The van der Waals surface area contributed by atoms with Crippen LogP contribution in [0, 0.1) is 13.8 Å². The van der Waals surface area contributed by atoms with E-state index < -0.39 is 0 Å². The van der Waals surface area contributed by atoms with E-state index in [4.69, 9.17) is 4.74 Å². The van der Waals surface area contributed by atoms with Crippen molar-refractivity contribution in [3.05, 3.63) is 23.0 Å². The SMILES string of the molecule is CCOC(=O)NCc1cc(C)n(C2CC2)c1C. The monoisotopic (exact) mass is 236 g/mol. The van der Waals surface area contributed by atoms with Gasteiger partial charge in [0.25, 0.3) is 0 Å². The zero-order valence-corrected chi connectivity index (χ0v) is 10.7. The van der Waals surface area contributed by atoms with Gasteiger partial charge in [0.15, 0.2) is 0 Å². The quantitative estimate of drug-likeness (QED) is 0.873. The molecule has 94 valence electrons. The summed E-state index contributed by atoms with van der Waals surface area (Å²) in [6, 6.07) is 2.84. The minimum atomic E-state index is -0.344. The molecule has 1 saturated carbocycles. The van der Waals surface area contributed by atoms with Gasteiger partial charge < -0.3 is 14.6 Å². The van der Waals surface area contributed by atoms with E-state index in [2.05, 4.69) is 29.8 Å². The van der Waals surface area contributed by atoms with Crippen molar-refractivity contribution in [3.63, 3.8) is 0 Å². The molecule has 0 radical (unpaired) electrons. The first-order chi connectivity index (χ1) is 8.13. The summed E-state index contributed by atoms with van der Waals surface area (Å²) in [5.74, 6) is 0. The number of aryl methyl sites for hydroxylation is 1. The van der Waals surface area contributed by atoms with Crippen LogP contribution in [0.15, 0.2) is 6.07 Å². The van der Waals surface area contributed by atoms with Gasteiger partial charge in [-0.3, -0.25) is 0 Å².